The SMILES string of the molecule is Cc1ncc(-c2ncc(OCCc3ccc(F)cc3)cn2)c(N2CCC(C)(C)CC2)c1[C@H](OC(C)(C)C)C(=O)OC(C)C. The summed E-state index contributed by atoms with van der Waals surface area (Å²) in [6.07, 6.45) is 6.41. The summed E-state index contributed by atoms with van der Waals surface area (Å²) in [5.74, 6) is 0.299. The van der Waals surface area contributed by atoms with Crippen LogP contribution in [0.5, 0.6) is 5.75 Å². The second-order valence-corrected chi connectivity index (χ2v) is 13.2. The fourth-order valence-electron chi connectivity index (χ4n) is 5.10. The van der Waals surface area contributed by atoms with E-state index in [4.69, 9.17) is 19.2 Å². The number of carbonyl (C=O) groups is 1. The molecule has 0 radical (unpaired) electrons. The summed E-state index contributed by atoms with van der Waals surface area (Å²) in [7, 11) is 0. The zero-order valence-corrected chi connectivity index (χ0v) is 26.7. The van der Waals surface area contributed by atoms with E-state index in [1.54, 1.807) is 30.7 Å². The van der Waals surface area contributed by atoms with E-state index in [1.807, 2.05) is 41.5 Å². The van der Waals surface area contributed by atoms with Crippen molar-refractivity contribution in [2.75, 3.05) is 24.6 Å². The Morgan fingerprint density at radius 1 is 1.02 bits per heavy atom. The molecular weight excluding hydrogens is 547 g/mol. The number of nitrogens with zero attached hydrogens (tertiary/aromatic N) is 4. The van der Waals surface area contributed by atoms with E-state index in [-0.39, 0.29) is 17.3 Å². The number of carbonyl (C=O) groups excluding carboxylic acids is 1. The summed E-state index contributed by atoms with van der Waals surface area (Å²) < 4.78 is 31.2. The van der Waals surface area contributed by atoms with Crippen molar-refractivity contribution in [3.05, 3.63) is 65.5 Å². The maximum atomic E-state index is 13.6. The van der Waals surface area contributed by atoms with Gasteiger partial charge in [0.2, 0.25) is 0 Å². The molecule has 0 saturated carbocycles. The van der Waals surface area contributed by atoms with Crippen molar-refractivity contribution in [3.8, 4) is 17.1 Å². The number of ether oxygens (including phenoxy) is 3. The Balaban J connectivity index is 1.71. The van der Waals surface area contributed by atoms with E-state index in [2.05, 4.69) is 28.7 Å². The number of aromatic nitrogens is 3. The molecule has 1 fully saturated rings. The minimum Gasteiger partial charge on any atom is -0.490 e. The van der Waals surface area contributed by atoms with Gasteiger partial charge in [0.05, 0.1) is 42.0 Å². The van der Waals surface area contributed by atoms with Crippen LogP contribution in [-0.2, 0) is 20.7 Å². The van der Waals surface area contributed by atoms with Gasteiger partial charge in [0.15, 0.2) is 17.7 Å². The Morgan fingerprint density at radius 2 is 1.65 bits per heavy atom. The van der Waals surface area contributed by atoms with Crippen LogP contribution >= 0.6 is 0 Å². The third-order valence-corrected chi connectivity index (χ3v) is 7.46. The lowest BCUT2D eigenvalue weighted by atomic mass is 9.82. The van der Waals surface area contributed by atoms with Crippen LogP contribution in [0.4, 0.5) is 10.1 Å². The molecule has 1 aromatic carbocycles. The first-order valence-electron chi connectivity index (χ1n) is 15.0. The van der Waals surface area contributed by atoms with E-state index < -0.39 is 17.7 Å². The largest absolute Gasteiger partial charge is 0.490 e. The summed E-state index contributed by atoms with van der Waals surface area (Å²) in [5.41, 5.74) is 3.53. The fraction of sp³-hybridized carbons (Fsp3) is 0.529. The number of pyridine rings is 1. The number of piperidine rings is 1. The molecule has 3 aromatic rings. The zero-order valence-electron chi connectivity index (χ0n) is 26.7. The zero-order chi connectivity index (χ0) is 31.4. The van der Waals surface area contributed by atoms with Crippen LogP contribution in [0.15, 0.2) is 42.9 Å². The van der Waals surface area contributed by atoms with Crippen LogP contribution < -0.4 is 9.64 Å². The maximum absolute atomic E-state index is 13.6. The maximum Gasteiger partial charge on any atom is 0.340 e. The van der Waals surface area contributed by atoms with Gasteiger partial charge in [-0.15, -0.1) is 0 Å². The highest BCUT2D eigenvalue weighted by Crippen LogP contribution is 2.43. The van der Waals surface area contributed by atoms with Gasteiger partial charge in [-0.25, -0.2) is 19.2 Å². The van der Waals surface area contributed by atoms with Crippen LogP contribution in [0.3, 0.4) is 0 Å². The Kier molecular flexibility index (Phi) is 10.1. The monoisotopic (exact) mass is 592 g/mol. The summed E-state index contributed by atoms with van der Waals surface area (Å²) in [4.78, 5) is 29.9. The van der Waals surface area contributed by atoms with Gasteiger partial charge in [-0.3, -0.25) is 4.98 Å². The molecule has 0 spiro atoms. The molecule has 1 saturated heterocycles. The quantitative estimate of drug-likeness (QED) is 0.232. The van der Waals surface area contributed by atoms with Crippen LogP contribution in [0, 0.1) is 18.2 Å². The first kappa shape index (κ1) is 32.3. The number of halogens is 1. The van der Waals surface area contributed by atoms with Gasteiger partial charge in [0, 0.05) is 37.0 Å². The third-order valence-electron chi connectivity index (χ3n) is 7.46. The smallest absolute Gasteiger partial charge is 0.340 e. The van der Waals surface area contributed by atoms with Gasteiger partial charge < -0.3 is 19.1 Å². The summed E-state index contributed by atoms with van der Waals surface area (Å²) in [6, 6.07) is 6.38. The van der Waals surface area contributed by atoms with Crippen LogP contribution in [0.25, 0.3) is 11.4 Å². The molecule has 4 rings (SSSR count). The van der Waals surface area contributed by atoms with Gasteiger partial charge in [-0.05, 0) is 77.5 Å². The van der Waals surface area contributed by atoms with E-state index >= 15 is 0 Å². The van der Waals surface area contributed by atoms with Gasteiger partial charge in [-0.1, -0.05) is 26.0 Å². The van der Waals surface area contributed by atoms with Crippen LogP contribution in [0.1, 0.15) is 84.2 Å². The van der Waals surface area contributed by atoms with Gasteiger partial charge in [0.25, 0.3) is 0 Å². The van der Waals surface area contributed by atoms with Crippen molar-refractivity contribution in [3.63, 3.8) is 0 Å². The van der Waals surface area contributed by atoms with Crippen molar-refractivity contribution >= 4 is 11.7 Å². The fourth-order valence-corrected chi connectivity index (χ4v) is 5.10. The van der Waals surface area contributed by atoms with E-state index in [1.165, 1.54) is 12.1 Å². The Labute approximate surface area is 255 Å². The summed E-state index contributed by atoms with van der Waals surface area (Å²) in [6.45, 7) is 17.9. The minimum atomic E-state index is -0.978. The van der Waals surface area contributed by atoms with E-state index in [0.717, 1.165) is 42.7 Å². The average molecular weight is 593 g/mol. The summed E-state index contributed by atoms with van der Waals surface area (Å²) in [5, 5.41) is 0. The molecule has 3 heterocycles. The van der Waals surface area contributed by atoms with Crippen molar-refractivity contribution in [2.24, 2.45) is 5.41 Å². The van der Waals surface area contributed by atoms with Crippen LogP contribution in [0.2, 0.25) is 0 Å². The van der Waals surface area contributed by atoms with Gasteiger partial charge in [-0.2, -0.15) is 0 Å². The summed E-state index contributed by atoms with van der Waals surface area (Å²) >= 11 is 0. The topological polar surface area (TPSA) is 86.7 Å². The number of esters is 1. The number of anilines is 1. The molecule has 1 aliphatic heterocycles. The molecule has 0 amide bonds. The van der Waals surface area contributed by atoms with E-state index in [9.17, 15) is 9.18 Å². The Morgan fingerprint density at radius 3 is 2.23 bits per heavy atom. The number of rotatable bonds is 10. The second-order valence-electron chi connectivity index (χ2n) is 13.2. The highest BCUT2D eigenvalue weighted by atomic mass is 19.1. The molecule has 1 aliphatic rings. The molecule has 232 valence electrons. The Hall–Kier alpha value is -3.59. The molecule has 0 unspecified atom stereocenters. The molecule has 0 aliphatic carbocycles. The molecule has 0 N–H and O–H groups in total. The third kappa shape index (κ3) is 8.72. The lowest BCUT2D eigenvalue weighted by Crippen LogP contribution is -2.39. The van der Waals surface area contributed by atoms with Crippen molar-refractivity contribution in [2.45, 2.75) is 92.5 Å². The lowest BCUT2D eigenvalue weighted by molar-refractivity contribution is -0.171. The van der Waals surface area contributed by atoms with Crippen LogP contribution in [-0.4, -0.2) is 52.3 Å². The average Bonchev–Trinajstić information content (AvgIpc) is 2.92. The molecule has 9 heteroatoms. The minimum absolute atomic E-state index is 0.222. The van der Waals surface area contributed by atoms with Gasteiger partial charge in [0.1, 0.15) is 5.82 Å². The Bertz CT molecular complexity index is 1380. The van der Waals surface area contributed by atoms with Crippen molar-refractivity contribution in [1.29, 1.82) is 0 Å². The normalized spacial score (nSPS) is 15.8. The van der Waals surface area contributed by atoms with E-state index in [0.29, 0.717) is 35.9 Å². The van der Waals surface area contributed by atoms with Crippen molar-refractivity contribution in [1.82, 2.24) is 15.0 Å². The lowest BCUT2D eigenvalue weighted by Gasteiger charge is -2.40. The first-order valence-corrected chi connectivity index (χ1v) is 15.0. The molecule has 0 bridgehead atoms. The predicted molar refractivity (Wildman–Crippen MR) is 166 cm³/mol. The molecule has 2 aromatic heterocycles. The number of hydrogen-bond donors (Lipinski definition) is 0. The predicted octanol–water partition coefficient (Wildman–Crippen LogP) is 7.04. The first-order chi connectivity index (χ1) is 20.2. The molecular formula is C34H45FN4O4. The highest BCUT2D eigenvalue weighted by molar-refractivity contribution is 5.85. The number of aryl methyl sites for hydroxylation is 1. The van der Waals surface area contributed by atoms with Crippen molar-refractivity contribution < 1.29 is 23.4 Å². The molecule has 1 atom stereocenters. The molecule has 43 heavy (non-hydrogen) atoms. The standard InChI is InChI=1S/C34H45FN4O4/c1-22(2)42-32(40)30(43-33(4,5)6)28-23(3)36-21-27(29(28)39-16-14-34(7,8)15-17-39)31-37-19-26(20-38-31)41-18-13-24-9-11-25(35)12-10-24/h9-12,19-22,30H,13-18H2,1-8H3/t30-/m0/s1. The highest BCUT2D eigenvalue weighted by Gasteiger charge is 2.37. The van der Waals surface area contributed by atoms with Gasteiger partial charge >= 0.3 is 5.97 Å². The molecule has 8 nitrogen and oxygen atoms in total. The number of hydrogen-bond acceptors (Lipinski definition) is 8. The second kappa shape index (κ2) is 13.4. The number of benzene rings is 1.